The molecule has 148 valence electrons. The molecule has 1 atom stereocenters. The van der Waals surface area contributed by atoms with E-state index >= 15 is 0 Å². The quantitative estimate of drug-likeness (QED) is 0.411. The topological polar surface area (TPSA) is 111 Å². The van der Waals surface area contributed by atoms with Crippen molar-refractivity contribution in [3.05, 3.63) is 5.69 Å². The summed E-state index contributed by atoms with van der Waals surface area (Å²) >= 11 is 0.913. The van der Waals surface area contributed by atoms with Crippen LogP contribution in [-0.2, 0) is 24.7 Å². The third-order valence-corrected chi connectivity index (χ3v) is 6.18. The van der Waals surface area contributed by atoms with Gasteiger partial charge in [0.25, 0.3) is 5.88 Å². The van der Waals surface area contributed by atoms with Crippen molar-refractivity contribution in [2.24, 2.45) is 5.92 Å². The third-order valence-electron chi connectivity index (χ3n) is 5.67. The number of carbonyl (C=O) groups excluding carboxylic acids is 2. The standard InChI is InChI=1S/C17H23N3O6S/c1-2-3-4-5-10-24-13-12(18-27-19-13)16(23)11-6-8-20(9-7-11)17(16)25-14(21)15(22)26-17/h11,23H,2-10H2,1H3. The zero-order valence-corrected chi connectivity index (χ0v) is 16.0. The average molecular weight is 397 g/mol. The van der Waals surface area contributed by atoms with Gasteiger partial charge < -0.3 is 19.3 Å². The smallest absolute Gasteiger partial charge is 0.422 e. The number of aliphatic hydroxyl groups is 1. The van der Waals surface area contributed by atoms with Crippen LogP contribution in [0.25, 0.3) is 0 Å². The molecule has 0 saturated carbocycles. The van der Waals surface area contributed by atoms with Crippen LogP contribution >= 0.6 is 11.7 Å². The van der Waals surface area contributed by atoms with Gasteiger partial charge in [-0.2, -0.15) is 4.37 Å². The first-order valence-electron chi connectivity index (χ1n) is 9.42. The van der Waals surface area contributed by atoms with Gasteiger partial charge in [0.05, 0.1) is 18.3 Å². The molecule has 1 spiro atoms. The van der Waals surface area contributed by atoms with Crippen molar-refractivity contribution in [1.29, 1.82) is 0 Å². The van der Waals surface area contributed by atoms with Gasteiger partial charge in [-0.25, -0.2) is 14.5 Å². The number of esters is 2. The molecule has 4 aliphatic heterocycles. The fourth-order valence-electron chi connectivity index (χ4n) is 4.28. The third kappa shape index (κ3) is 2.73. The second kappa shape index (κ2) is 6.99. The highest BCUT2D eigenvalue weighted by molar-refractivity contribution is 6.99. The Kier molecular flexibility index (Phi) is 4.81. The molecule has 0 aromatic carbocycles. The monoisotopic (exact) mass is 397 g/mol. The second-order valence-corrected chi connectivity index (χ2v) is 7.74. The number of aromatic nitrogens is 2. The molecule has 0 amide bonds. The number of carbonyl (C=O) groups is 2. The highest BCUT2D eigenvalue weighted by atomic mass is 32.1. The van der Waals surface area contributed by atoms with Crippen molar-refractivity contribution in [3.8, 4) is 5.88 Å². The molecule has 4 aliphatic rings. The second-order valence-electron chi connectivity index (χ2n) is 7.22. The van der Waals surface area contributed by atoms with Crippen LogP contribution in [0.2, 0.25) is 0 Å². The molecule has 4 saturated heterocycles. The molecule has 1 aromatic rings. The molecule has 9 nitrogen and oxygen atoms in total. The molecule has 27 heavy (non-hydrogen) atoms. The van der Waals surface area contributed by atoms with E-state index in [0.717, 1.165) is 37.4 Å². The molecule has 1 N–H and O–H groups in total. The van der Waals surface area contributed by atoms with Gasteiger partial charge in [-0.1, -0.05) is 26.2 Å². The lowest BCUT2D eigenvalue weighted by atomic mass is 9.70. The van der Waals surface area contributed by atoms with Gasteiger partial charge in [0.1, 0.15) is 0 Å². The maximum Gasteiger partial charge on any atom is 0.422 e. The predicted molar refractivity (Wildman–Crippen MR) is 92.7 cm³/mol. The van der Waals surface area contributed by atoms with Crippen LogP contribution in [0, 0.1) is 5.92 Å². The molecule has 2 bridgehead atoms. The predicted octanol–water partition coefficient (Wildman–Crippen LogP) is 1.16. The Morgan fingerprint density at radius 2 is 1.89 bits per heavy atom. The summed E-state index contributed by atoms with van der Waals surface area (Å²) in [6.45, 7) is 3.70. The number of hydrogen-bond donors (Lipinski definition) is 1. The maximum atomic E-state index is 11.8. The summed E-state index contributed by atoms with van der Waals surface area (Å²) in [5.41, 5.74) is -1.63. The number of rotatable bonds is 7. The summed E-state index contributed by atoms with van der Waals surface area (Å²) in [5.74, 6) is -4.17. The van der Waals surface area contributed by atoms with Crippen molar-refractivity contribution in [3.63, 3.8) is 0 Å². The number of hydrogen-bond acceptors (Lipinski definition) is 10. The van der Waals surface area contributed by atoms with Crippen LogP contribution in [0.15, 0.2) is 0 Å². The lowest BCUT2D eigenvalue weighted by Crippen LogP contribution is -2.73. The van der Waals surface area contributed by atoms with Crippen LogP contribution in [0.1, 0.15) is 51.1 Å². The van der Waals surface area contributed by atoms with E-state index in [2.05, 4.69) is 15.7 Å². The van der Waals surface area contributed by atoms with E-state index in [9.17, 15) is 14.7 Å². The first-order valence-corrected chi connectivity index (χ1v) is 10.2. The summed E-state index contributed by atoms with van der Waals surface area (Å²) in [5, 5.41) is 11.8. The minimum Gasteiger partial charge on any atom is -0.476 e. The average Bonchev–Trinajstić information content (AvgIpc) is 3.26. The molecule has 10 heteroatoms. The first kappa shape index (κ1) is 18.6. The van der Waals surface area contributed by atoms with Gasteiger partial charge in [-0.3, -0.25) is 0 Å². The Hall–Kier alpha value is -1.78. The van der Waals surface area contributed by atoms with E-state index in [4.69, 9.17) is 14.2 Å². The number of fused-ring (bicyclic) bond motifs is 2. The zero-order valence-electron chi connectivity index (χ0n) is 15.2. The Labute approximate surface area is 160 Å². The van der Waals surface area contributed by atoms with Crippen LogP contribution in [0.4, 0.5) is 0 Å². The van der Waals surface area contributed by atoms with Gasteiger partial charge in [0.15, 0.2) is 5.69 Å². The van der Waals surface area contributed by atoms with Crippen molar-refractivity contribution in [2.45, 2.75) is 57.0 Å². The zero-order chi connectivity index (χ0) is 19.1. The van der Waals surface area contributed by atoms with E-state index in [1.54, 1.807) is 4.90 Å². The summed E-state index contributed by atoms with van der Waals surface area (Å²) in [6, 6.07) is 0. The SMILES string of the molecule is CCCCCCOc1nsnc1C1(O)C2CCN(CC2)C12OC(=O)C(=O)O2. The first-order chi connectivity index (χ1) is 13.0. The van der Waals surface area contributed by atoms with Gasteiger partial charge >= 0.3 is 17.8 Å². The number of nitrogens with zero attached hydrogens (tertiary/aromatic N) is 3. The molecule has 0 aliphatic carbocycles. The lowest BCUT2D eigenvalue weighted by molar-refractivity contribution is -0.384. The van der Waals surface area contributed by atoms with Crippen LogP contribution in [0.3, 0.4) is 0 Å². The van der Waals surface area contributed by atoms with Gasteiger partial charge in [-0.15, -0.1) is 4.37 Å². The summed E-state index contributed by atoms with van der Waals surface area (Å²) < 4.78 is 24.9. The van der Waals surface area contributed by atoms with Crippen LogP contribution < -0.4 is 4.74 Å². The number of ether oxygens (including phenoxy) is 3. The minimum atomic E-state index is -1.89. The fraction of sp³-hybridized carbons (Fsp3) is 0.765. The van der Waals surface area contributed by atoms with Crippen molar-refractivity contribution in [2.75, 3.05) is 19.7 Å². The van der Waals surface area contributed by atoms with Crippen molar-refractivity contribution < 1.29 is 28.9 Å². The summed E-state index contributed by atoms with van der Waals surface area (Å²) in [7, 11) is 0. The normalized spacial score (nSPS) is 31.2. The van der Waals surface area contributed by atoms with E-state index in [1.807, 2.05) is 0 Å². The molecule has 1 unspecified atom stereocenters. The van der Waals surface area contributed by atoms with E-state index in [1.165, 1.54) is 0 Å². The molecule has 5 rings (SSSR count). The number of unbranched alkanes of at least 4 members (excludes halogenated alkanes) is 3. The van der Waals surface area contributed by atoms with E-state index in [-0.39, 0.29) is 17.5 Å². The molecule has 4 fully saturated rings. The molecule has 1 aromatic heterocycles. The fourth-order valence-corrected chi connectivity index (χ4v) is 4.83. The van der Waals surface area contributed by atoms with Crippen molar-refractivity contribution in [1.82, 2.24) is 13.6 Å². The highest BCUT2D eigenvalue weighted by Gasteiger charge is 2.75. The Balaban J connectivity index is 1.64. The van der Waals surface area contributed by atoms with Gasteiger partial charge in [0, 0.05) is 19.0 Å². The summed E-state index contributed by atoms with van der Waals surface area (Å²) in [4.78, 5) is 25.4. The molecule has 5 heterocycles. The number of piperidine rings is 3. The van der Waals surface area contributed by atoms with Gasteiger partial charge in [-0.05, 0) is 19.3 Å². The van der Waals surface area contributed by atoms with E-state index < -0.39 is 23.5 Å². The lowest BCUT2D eigenvalue weighted by Gasteiger charge is -2.57. The molecular weight excluding hydrogens is 374 g/mol. The maximum absolute atomic E-state index is 11.8. The van der Waals surface area contributed by atoms with Gasteiger partial charge in [0.2, 0.25) is 5.60 Å². The van der Waals surface area contributed by atoms with E-state index in [0.29, 0.717) is 32.5 Å². The molecule has 0 radical (unpaired) electrons. The molecular formula is C17H23N3O6S. The minimum absolute atomic E-state index is 0.180. The van der Waals surface area contributed by atoms with Crippen LogP contribution in [0.5, 0.6) is 5.88 Å². The summed E-state index contributed by atoms with van der Waals surface area (Å²) in [6.07, 6.45) is 5.50. The van der Waals surface area contributed by atoms with Crippen molar-refractivity contribution >= 4 is 23.7 Å². The Bertz CT molecular complexity index is 716. The van der Waals surface area contributed by atoms with Crippen LogP contribution in [-0.4, -0.2) is 56.3 Å². The Morgan fingerprint density at radius 3 is 2.56 bits per heavy atom. The Morgan fingerprint density at radius 1 is 1.19 bits per heavy atom. The largest absolute Gasteiger partial charge is 0.476 e. The highest BCUT2D eigenvalue weighted by Crippen LogP contribution is 2.56.